The van der Waals surface area contributed by atoms with E-state index >= 15 is 0 Å². The second-order valence-corrected chi connectivity index (χ2v) is 3.85. The van der Waals surface area contributed by atoms with E-state index in [0.717, 1.165) is 19.6 Å². The lowest BCUT2D eigenvalue weighted by molar-refractivity contribution is -0.129. The maximum absolute atomic E-state index is 11.2. The van der Waals surface area contributed by atoms with E-state index in [4.69, 9.17) is 5.11 Å². The average molecular weight is 186 g/mol. The summed E-state index contributed by atoms with van der Waals surface area (Å²) in [6, 6.07) is 0. The third-order valence-corrected chi connectivity index (χ3v) is 2.43. The summed E-state index contributed by atoms with van der Waals surface area (Å²) in [6.45, 7) is 2.99. The van der Waals surface area contributed by atoms with Gasteiger partial charge in [-0.05, 0) is 0 Å². The highest BCUT2D eigenvalue weighted by Crippen LogP contribution is 2.14. The molecule has 4 nitrogen and oxygen atoms in total. The largest absolute Gasteiger partial charge is 0.396 e. The molecule has 1 rings (SSSR count). The Morgan fingerprint density at radius 1 is 1.54 bits per heavy atom. The summed E-state index contributed by atoms with van der Waals surface area (Å²) >= 11 is 0. The zero-order valence-corrected chi connectivity index (χ0v) is 8.36. The molecule has 0 spiro atoms. The number of amides is 1. The highest BCUT2D eigenvalue weighted by atomic mass is 16.3. The molecule has 0 aliphatic carbocycles. The molecule has 76 valence electrons. The molecule has 0 unspecified atom stereocenters. The Morgan fingerprint density at radius 3 is 2.62 bits per heavy atom. The smallest absolute Gasteiger partial charge is 0.223 e. The third kappa shape index (κ3) is 2.97. The molecule has 1 amide bonds. The predicted octanol–water partition coefficient (Wildman–Crippen LogP) is -0.611. The first kappa shape index (κ1) is 10.5. The Labute approximate surface area is 79.1 Å². The zero-order chi connectivity index (χ0) is 9.84. The van der Waals surface area contributed by atoms with Gasteiger partial charge in [-0.1, -0.05) is 0 Å². The molecule has 1 N–H and O–H groups in total. The van der Waals surface area contributed by atoms with Gasteiger partial charge < -0.3 is 14.9 Å². The quantitative estimate of drug-likeness (QED) is 0.637. The van der Waals surface area contributed by atoms with Gasteiger partial charge in [0.25, 0.3) is 0 Å². The van der Waals surface area contributed by atoms with Crippen LogP contribution in [0, 0.1) is 5.92 Å². The van der Waals surface area contributed by atoms with Crippen molar-refractivity contribution in [1.82, 2.24) is 9.80 Å². The summed E-state index contributed by atoms with van der Waals surface area (Å²) in [5.41, 5.74) is 0. The minimum atomic E-state index is 0.174. The summed E-state index contributed by atoms with van der Waals surface area (Å²) in [7, 11) is 3.55. The van der Waals surface area contributed by atoms with Crippen molar-refractivity contribution in [2.24, 2.45) is 5.92 Å². The molecule has 1 saturated heterocycles. The number of aliphatic hydroxyl groups is 1. The summed E-state index contributed by atoms with van der Waals surface area (Å²) in [4.78, 5) is 15.0. The first-order chi connectivity index (χ1) is 6.13. The number of hydrogen-bond donors (Lipinski definition) is 1. The van der Waals surface area contributed by atoms with Crippen molar-refractivity contribution in [3.8, 4) is 0 Å². The molecule has 0 bridgehead atoms. The molecule has 0 saturated carbocycles. The van der Waals surface area contributed by atoms with Crippen LogP contribution in [0.15, 0.2) is 0 Å². The van der Waals surface area contributed by atoms with Gasteiger partial charge in [-0.2, -0.15) is 0 Å². The monoisotopic (exact) mass is 186 g/mol. The first-order valence-electron chi connectivity index (χ1n) is 4.67. The Hall–Kier alpha value is -0.610. The van der Waals surface area contributed by atoms with Crippen LogP contribution in [0.25, 0.3) is 0 Å². The van der Waals surface area contributed by atoms with Gasteiger partial charge in [-0.15, -0.1) is 0 Å². The van der Waals surface area contributed by atoms with E-state index in [1.807, 2.05) is 0 Å². The lowest BCUT2D eigenvalue weighted by atomic mass is 10.0. The van der Waals surface area contributed by atoms with Crippen LogP contribution < -0.4 is 0 Å². The van der Waals surface area contributed by atoms with Gasteiger partial charge in [0.05, 0.1) is 0 Å². The second kappa shape index (κ2) is 4.58. The van der Waals surface area contributed by atoms with Crippen LogP contribution in [0.2, 0.25) is 0 Å². The molecule has 1 fully saturated rings. The van der Waals surface area contributed by atoms with E-state index in [9.17, 15) is 4.79 Å². The topological polar surface area (TPSA) is 43.8 Å². The fourth-order valence-corrected chi connectivity index (χ4v) is 1.45. The Kier molecular flexibility index (Phi) is 3.69. The van der Waals surface area contributed by atoms with Crippen molar-refractivity contribution in [2.45, 2.75) is 6.42 Å². The van der Waals surface area contributed by atoms with Crippen molar-refractivity contribution in [3.05, 3.63) is 0 Å². The number of aliphatic hydroxyl groups excluding tert-OH is 1. The fraction of sp³-hybridized carbons (Fsp3) is 0.889. The van der Waals surface area contributed by atoms with Gasteiger partial charge in [-0.25, -0.2) is 0 Å². The molecule has 0 aromatic carbocycles. The van der Waals surface area contributed by atoms with Crippen LogP contribution in [0.1, 0.15) is 6.42 Å². The SMILES string of the molecule is CN(C)C(=O)CCN1CC(CO)C1. The highest BCUT2D eigenvalue weighted by Gasteiger charge is 2.25. The predicted molar refractivity (Wildman–Crippen MR) is 50.3 cm³/mol. The second-order valence-electron chi connectivity index (χ2n) is 3.85. The van der Waals surface area contributed by atoms with Crippen molar-refractivity contribution in [3.63, 3.8) is 0 Å². The molecule has 0 radical (unpaired) electrons. The number of nitrogens with zero attached hydrogens (tertiary/aromatic N) is 2. The zero-order valence-electron chi connectivity index (χ0n) is 8.36. The van der Waals surface area contributed by atoms with Crippen LogP contribution in [0.5, 0.6) is 0 Å². The maximum Gasteiger partial charge on any atom is 0.223 e. The summed E-state index contributed by atoms with van der Waals surface area (Å²) in [5, 5.41) is 8.77. The van der Waals surface area contributed by atoms with Gasteiger partial charge >= 0.3 is 0 Å². The summed E-state index contributed by atoms with van der Waals surface area (Å²) in [6.07, 6.45) is 0.588. The summed E-state index contributed by atoms with van der Waals surface area (Å²) < 4.78 is 0. The Morgan fingerprint density at radius 2 is 2.15 bits per heavy atom. The van der Waals surface area contributed by atoms with Gasteiger partial charge in [0.15, 0.2) is 0 Å². The molecular formula is C9H18N2O2. The van der Waals surface area contributed by atoms with Crippen molar-refractivity contribution < 1.29 is 9.90 Å². The van der Waals surface area contributed by atoms with Crippen molar-refractivity contribution in [1.29, 1.82) is 0 Å². The molecular weight excluding hydrogens is 168 g/mol. The minimum Gasteiger partial charge on any atom is -0.396 e. The van der Waals surface area contributed by atoms with E-state index in [0.29, 0.717) is 12.3 Å². The van der Waals surface area contributed by atoms with Gasteiger partial charge in [0.1, 0.15) is 0 Å². The van der Waals surface area contributed by atoms with E-state index in [2.05, 4.69) is 4.90 Å². The first-order valence-corrected chi connectivity index (χ1v) is 4.67. The molecule has 0 aromatic rings. The number of rotatable bonds is 4. The number of carbonyl (C=O) groups excluding carboxylic acids is 1. The van der Waals surface area contributed by atoms with Crippen LogP contribution in [-0.4, -0.2) is 61.2 Å². The standard InChI is InChI=1S/C9H18N2O2/c1-10(2)9(13)3-4-11-5-8(6-11)7-12/h8,12H,3-7H2,1-2H3. The van der Waals surface area contributed by atoms with E-state index in [1.165, 1.54) is 0 Å². The molecule has 0 atom stereocenters. The lowest BCUT2D eigenvalue weighted by Crippen LogP contribution is -2.49. The third-order valence-electron chi connectivity index (χ3n) is 2.43. The van der Waals surface area contributed by atoms with Crippen LogP contribution in [-0.2, 0) is 4.79 Å². The number of hydrogen-bond acceptors (Lipinski definition) is 3. The molecule has 1 aliphatic rings. The normalized spacial score (nSPS) is 18.4. The minimum absolute atomic E-state index is 0.174. The van der Waals surface area contributed by atoms with Crippen molar-refractivity contribution >= 4 is 5.91 Å². The lowest BCUT2D eigenvalue weighted by Gasteiger charge is -2.38. The van der Waals surface area contributed by atoms with E-state index in [-0.39, 0.29) is 12.5 Å². The Balaban J connectivity index is 2.05. The van der Waals surface area contributed by atoms with Gasteiger partial charge in [0.2, 0.25) is 5.91 Å². The van der Waals surface area contributed by atoms with Crippen LogP contribution >= 0.6 is 0 Å². The summed E-state index contributed by atoms with van der Waals surface area (Å²) in [5.74, 6) is 0.613. The van der Waals surface area contributed by atoms with Gasteiger partial charge in [-0.3, -0.25) is 4.79 Å². The highest BCUT2D eigenvalue weighted by molar-refractivity contribution is 5.75. The number of likely N-dealkylation sites (tertiary alicyclic amines) is 1. The van der Waals surface area contributed by atoms with Crippen molar-refractivity contribution in [2.75, 3.05) is 40.3 Å². The molecule has 1 aliphatic heterocycles. The fourth-order valence-electron chi connectivity index (χ4n) is 1.45. The maximum atomic E-state index is 11.2. The number of carbonyl (C=O) groups is 1. The van der Waals surface area contributed by atoms with E-state index < -0.39 is 0 Å². The molecule has 4 heteroatoms. The average Bonchev–Trinajstić information content (AvgIpc) is 2.01. The Bertz CT molecular complexity index is 176. The van der Waals surface area contributed by atoms with Gasteiger partial charge in [0, 0.05) is 52.7 Å². The molecule has 0 aromatic heterocycles. The molecule has 1 heterocycles. The van der Waals surface area contributed by atoms with E-state index in [1.54, 1.807) is 19.0 Å². The molecule has 13 heavy (non-hydrogen) atoms. The van der Waals surface area contributed by atoms with Crippen LogP contribution in [0.3, 0.4) is 0 Å². The van der Waals surface area contributed by atoms with Crippen LogP contribution in [0.4, 0.5) is 0 Å².